The second-order valence-electron chi connectivity index (χ2n) is 17.2. The highest BCUT2D eigenvalue weighted by Gasteiger charge is 2.26. The van der Waals surface area contributed by atoms with Crippen LogP contribution >= 0.6 is 0 Å². The van der Waals surface area contributed by atoms with E-state index in [2.05, 4.69) is 265 Å². The van der Waals surface area contributed by atoms with Gasteiger partial charge in [0.25, 0.3) is 0 Å². The van der Waals surface area contributed by atoms with Crippen molar-refractivity contribution in [3.05, 3.63) is 277 Å². The Morgan fingerprint density at radius 1 is 0.394 bits per heavy atom. The maximum Gasteiger partial charge on any atom is 0.126 e. The molecule has 0 aliphatic carbocycles. The lowest BCUT2D eigenvalue weighted by molar-refractivity contribution is 0.442. The Labute approximate surface area is 388 Å². The fourth-order valence-corrected chi connectivity index (χ4v) is 9.39. The molecule has 1 aliphatic heterocycles. The molecule has 0 aromatic heterocycles. The van der Waals surface area contributed by atoms with Crippen molar-refractivity contribution in [1.29, 1.82) is 0 Å². The molecule has 2 atom stereocenters. The summed E-state index contributed by atoms with van der Waals surface area (Å²) in [4.78, 5) is 7.81. The van der Waals surface area contributed by atoms with Crippen molar-refractivity contribution in [2.75, 3.05) is 4.90 Å². The van der Waals surface area contributed by atoms with Gasteiger partial charge in [0.05, 0.1) is 0 Å². The Hall–Kier alpha value is -8.11. The van der Waals surface area contributed by atoms with Crippen molar-refractivity contribution in [2.45, 2.75) is 25.2 Å². The van der Waals surface area contributed by atoms with E-state index in [9.17, 15) is 0 Å². The van der Waals surface area contributed by atoms with Gasteiger partial charge in [-0.2, -0.15) is 0 Å². The predicted molar refractivity (Wildman–Crippen MR) is 277 cm³/mol. The summed E-state index contributed by atoms with van der Waals surface area (Å²) in [6, 6.07) is 92.1. The number of aliphatic imine (C=N–C) groups is 1. The summed E-state index contributed by atoms with van der Waals surface area (Å²) in [6.45, 7) is 0.718. The Morgan fingerprint density at radius 3 is 1.50 bits per heavy atom. The van der Waals surface area contributed by atoms with Crippen molar-refractivity contribution >= 4 is 27.9 Å². The van der Waals surface area contributed by atoms with E-state index in [1.807, 2.05) is 0 Å². The van der Waals surface area contributed by atoms with Gasteiger partial charge in [-0.05, 0) is 96.4 Å². The van der Waals surface area contributed by atoms with Gasteiger partial charge < -0.3 is 4.90 Å². The lowest BCUT2D eigenvalue weighted by Gasteiger charge is -2.31. The average molecular weight is 848 g/mol. The summed E-state index contributed by atoms with van der Waals surface area (Å²) in [7, 11) is 0. The zero-order valence-electron chi connectivity index (χ0n) is 36.7. The number of nitrogens with zero attached hydrogens (tertiary/aromatic N) is 2. The molecule has 0 radical (unpaired) electrons. The lowest BCUT2D eigenvalue weighted by Crippen LogP contribution is -2.33. The maximum atomic E-state index is 5.36. The minimum Gasteiger partial charge on any atom is -0.336 e. The average Bonchev–Trinajstić information content (AvgIpc) is 3.41. The van der Waals surface area contributed by atoms with Gasteiger partial charge in [0.15, 0.2) is 0 Å². The third-order valence-electron chi connectivity index (χ3n) is 13.0. The molecule has 1 N–H and O–H groups in total. The number of nitrogens with one attached hydrogen (secondary N) is 1. The van der Waals surface area contributed by atoms with Crippen LogP contribution in [-0.2, 0) is 6.54 Å². The molecule has 0 bridgehead atoms. The first kappa shape index (κ1) is 40.7. The topological polar surface area (TPSA) is 27.6 Å². The molecule has 0 saturated carbocycles. The number of anilines is 2. The molecule has 0 spiro atoms. The Morgan fingerprint density at radius 2 is 0.864 bits per heavy atom. The molecule has 1 heterocycles. The molecule has 66 heavy (non-hydrogen) atoms. The van der Waals surface area contributed by atoms with E-state index in [0.717, 1.165) is 29.9 Å². The second-order valence-corrected chi connectivity index (χ2v) is 17.2. The fourth-order valence-electron chi connectivity index (χ4n) is 9.39. The number of hydrogen-bond acceptors (Lipinski definition) is 3. The molecule has 3 nitrogen and oxygen atoms in total. The molecule has 1 aliphatic rings. The van der Waals surface area contributed by atoms with E-state index in [1.165, 1.54) is 77.7 Å². The number of hydrogen-bond donors (Lipinski definition) is 1. The van der Waals surface area contributed by atoms with Crippen molar-refractivity contribution in [3.8, 4) is 44.5 Å². The normalized spacial score (nSPS) is 14.7. The molecule has 3 heteroatoms. The quantitative estimate of drug-likeness (QED) is 0.140. The van der Waals surface area contributed by atoms with Crippen LogP contribution in [0.3, 0.4) is 0 Å². The van der Waals surface area contributed by atoms with Gasteiger partial charge in [-0.15, -0.1) is 0 Å². The van der Waals surface area contributed by atoms with E-state index >= 15 is 0 Å². The van der Waals surface area contributed by atoms with Crippen molar-refractivity contribution in [2.24, 2.45) is 4.99 Å². The van der Waals surface area contributed by atoms with Gasteiger partial charge in [0.2, 0.25) is 0 Å². The third-order valence-corrected chi connectivity index (χ3v) is 13.0. The zero-order chi connectivity index (χ0) is 44.1. The first-order chi connectivity index (χ1) is 32.7. The van der Waals surface area contributed by atoms with E-state index < -0.39 is 0 Å². The zero-order valence-corrected chi connectivity index (χ0v) is 36.7. The summed E-state index contributed by atoms with van der Waals surface area (Å²) in [5.74, 6) is 0. The van der Waals surface area contributed by atoms with Crippen LogP contribution < -0.4 is 10.2 Å². The lowest BCUT2D eigenvalue weighted by atomic mass is 9.92. The molecule has 316 valence electrons. The van der Waals surface area contributed by atoms with E-state index in [-0.39, 0.29) is 12.2 Å². The number of fused-ring (bicyclic) bond motifs is 1. The molecule has 10 aromatic rings. The van der Waals surface area contributed by atoms with Crippen LogP contribution in [0.25, 0.3) is 55.3 Å². The first-order valence-corrected chi connectivity index (χ1v) is 22.9. The van der Waals surface area contributed by atoms with Crippen molar-refractivity contribution in [1.82, 2.24) is 5.32 Å². The SMILES string of the molecule is c1ccc(C2=NC(c3cccc(-c4ccc(CN(c5ccc(-c6ccc(-c7ccccc7)cc6)cc5)c5cccc6ccccc56)cc4)c3)NC(c3ccc(-c4ccccc4)cc3)C2)cc1. The predicted octanol–water partition coefficient (Wildman–Crippen LogP) is 16.1. The Kier molecular flexibility index (Phi) is 11.4. The highest BCUT2D eigenvalue weighted by Crippen LogP contribution is 2.37. The fraction of sp³-hybridized carbons (Fsp3) is 0.0635. The Bertz CT molecular complexity index is 3230. The molecule has 11 rings (SSSR count). The van der Waals surface area contributed by atoms with Gasteiger partial charge in [-0.1, -0.05) is 231 Å². The van der Waals surface area contributed by atoms with Crippen LogP contribution in [-0.4, -0.2) is 5.71 Å². The van der Waals surface area contributed by atoms with Gasteiger partial charge in [0.1, 0.15) is 6.17 Å². The van der Waals surface area contributed by atoms with Crippen LogP contribution in [0.15, 0.2) is 260 Å². The molecule has 0 fully saturated rings. The minimum atomic E-state index is -0.193. The first-order valence-electron chi connectivity index (χ1n) is 22.9. The molecule has 0 saturated heterocycles. The van der Waals surface area contributed by atoms with Gasteiger partial charge >= 0.3 is 0 Å². The molecule has 10 aromatic carbocycles. The third kappa shape index (κ3) is 8.73. The Balaban J connectivity index is 0.862. The van der Waals surface area contributed by atoms with Crippen LogP contribution in [0, 0.1) is 0 Å². The summed E-state index contributed by atoms with van der Waals surface area (Å²) in [5.41, 5.74) is 17.9. The number of benzene rings is 10. The van der Waals surface area contributed by atoms with E-state index in [0.29, 0.717) is 0 Å². The van der Waals surface area contributed by atoms with Gasteiger partial charge in [-0.3, -0.25) is 10.3 Å². The molecular weight excluding hydrogens is 799 g/mol. The van der Waals surface area contributed by atoms with Crippen LogP contribution in [0.5, 0.6) is 0 Å². The molecular formula is C63H49N3. The van der Waals surface area contributed by atoms with Crippen LogP contribution in [0.2, 0.25) is 0 Å². The van der Waals surface area contributed by atoms with Crippen LogP contribution in [0.1, 0.15) is 40.9 Å². The highest BCUT2D eigenvalue weighted by atomic mass is 15.1. The molecule has 2 unspecified atom stereocenters. The summed E-state index contributed by atoms with van der Waals surface area (Å²) >= 11 is 0. The number of rotatable bonds is 11. The highest BCUT2D eigenvalue weighted by molar-refractivity contribution is 6.01. The summed E-state index contributed by atoms with van der Waals surface area (Å²) in [6.07, 6.45) is 0.621. The van der Waals surface area contributed by atoms with Gasteiger partial charge in [-0.25, -0.2) is 0 Å². The molecule has 0 amide bonds. The van der Waals surface area contributed by atoms with Crippen LogP contribution in [0.4, 0.5) is 11.4 Å². The van der Waals surface area contributed by atoms with E-state index in [4.69, 9.17) is 4.99 Å². The van der Waals surface area contributed by atoms with E-state index in [1.54, 1.807) is 0 Å². The van der Waals surface area contributed by atoms with Crippen molar-refractivity contribution < 1.29 is 0 Å². The van der Waals surface area contributed by atoms with Crippen molar-refractivity contribution in [3.63, 3.8) is 0 Å². The largest absolute Gasteiger partial charge is 0.336 e. The smallest absolute Gasteiger partial charge is 0.126 e. The maximum absolute atomic E-state index is 5.36. The minimum absolute atomic E-state index is 0.114. The summed E-state index contributed by atoms with van der Waals surface area (Å²) in [5, 5.41) is 6.38. The summed E-state index contributed by atoms with van der Waals surface area (Å²) < 4.78 is 0. The van der Waals surface area contributed by atoms with Gasteiger partial charge in [0, 0.05) is 41.5 Å². The second kappa shape index (κ2) is 18.5. The monoisotopic (exact) mass is 847 g/mol. The standard InChI is InChI=1S/C63H49N3/c1-4-14-46(15-5-1)48-30-32-50(33-31-48)51-38-40-58(41-39-51)66(62-25-13-21-53-18-10-11-24-59(53)62)44-45-26-28-52(29-27-45)56-22-12-23-57(42-56)63-64-60(54-19-8-3-9-20-54)43-61(65-63)55-36-34-49(35-37-55)47-16-6-2-7-17-47/h1-42,61,63,65H,43-44H2.